The summed E-state index contributed by atoms with van der Waals surface area (Å²) in [6, 6.07) is 12.4. The summed E-state index contributed by atoms with van der Waals surface area (Å²) < 4.78 is 8.03. The number of hydrogen-bond acceptors (Lipinski definition) is 7. The van der Waals surface area contributed by atoms with Crippen LogP contribution in [0.4, 0.5) is 5.69 Å². The summed E-state index contributed by atoms with van der Waals surface area (Å²) in [5.41, 5.74) is 3.20. The van der Waals surface area contributed by atoms with Gasteiger partial charge in [0.1, 0.15) is 0 Å². The number of fused-ring (bicyclic) bond motifs is 1. The van der Waals surface area contributed by atoms with Gasteiger partial charge in [-0.05, 0) is 42.8 Å². The SMILES string of the molecule is CC(Sc1nnc(-c2cccs2)n1CC1CCCO1)C(=O)/C=C1/N(C)c2ccccc2C1(C)C. The fourth-order valence-electron chi connectivity index (χ4n) is 4.85. The van der Waals surface area contributed by atoms with Gasteiger partial charge in [0.05, 0.1) is 22.8 Å². The lowest BCUT2D eigenvalue weighted by atomic mass is 9.83. The zero-order chi connectivity index (χ0) is 23.9. The maximum absolute atomic E-state index is 13.4. The lowest BCUT2D eigenvalue weighted by Gasteiger charge is -2.24. The van der Waals surface area contributed by atoms with Crippen LogP contribution in [0.2, 0.25) is 0 Å². The molecule has 0 N–H and O–H groups in total. The van der Waals surface area contributed by atoms with Gasteiger partial charge < -0.3 is 9.64 Å². The number of allylic oxidation sites excluding steroid dienone is 2. The van der Waals surface area contributed by atoms with Crippen LogP contribution < -0.4 is 4.90 Å². The molecule has 2 aliphatic heterocycles. The topological polar surface area (TPSA) is 60.2 Å². The largest absolute Gasteiger partial charge is 0.376 e. The molecule has 2 atom stereocenters. The third-order valence-corrected chi connectivity index (χ3v) is 8.74. The molecule has 0 spiro atoms. The van der Waals surface area contributed by atoms with Gasteiger partial charge in [0.25, 0.3) is 0 Å². The van der Waals surface area contributed by atoms with Gasteiger partial charge in [0.2, 0.25) is 0 Å². The highest BCUT2D eigenvalue weighted by Gasteiger charge is 2.39. The zero-order valence-corrected chi connectivity index (χ0v) is 21.7. The van der Waals surface area contributed by atoms with Crippen LogP contribution in [0.25, 0.3) is 10.7 Å². The number of anilines is 1. The minimum absolute atomic E-state index is 0.0806. The summed E-state index contributed by atoms with van der Waals surface area (Å²) in [4.78, 5) is 16.6. The molecule has 0 aliphatic carbocycles. The summed E-state index contributed by atoms with van der Waals surface area (Å²) in [7, 11) is 2.04. The number of ether oxygens (including phenoxy) is 1. The van der Waals surface area contributed by atoms with Crippen molar-refractivity contribution in [3.8, 4) is 10.7 Å². The van der Waals surface area contributed by atoms with Crippen LogP contribution in [0.5, 0.6) is 0 Å². The maximum Gasteiger partial charge on any atom is 0.192 e. The third-order valence-electron chi connectivity index (χ3n) is 6.77. The molecule has 1 saturated heterocycles. The molecule has 178 valence electrons. The Balaban J connectivity index is 1.39. The standard InChI is InChI=1S/C26H30N4O2S2/c1-17(21(31)15-23-26(2,3)19-10-5-6-11-20(19)29(23)4)34-25-28-27-24(22-12-8-14-33-22)30(25)16-18-9-7-13-32-18/h5-6,8,10-12,14-15,17-18H,7,9,13,16H2,1-4H3/b23-15+. The van der Waals surface area contributed by atoms with E-state index in [4.69, 9.17) is 4.74 Å². The first kappa shape index (κ1) is 23.3. The molecular weight excluding hydrogens is 464 g/mol. The zero-order valence-electron chi connectivity index (χ0n) is 20.0. The predicted octanol–water partition coefficient (Wildman–Crippen LogP) is 5.55. The van der Waals surface area contributed by atoms with Gasteiger partial charge in [0, 0.05) is 36.5 Å². The molecule has 1 aromatic carbocycles. The number of nitrogens with zero attached hydrogens (tertiary/aromatic N) is 4. The summed E-state index contributed by atoms with van der Waals surface area (Å²) in [5.74, 6) is 0.926. The first-order chi connectivity index (χ1) is 16.4. The fraction of sp³-hybridized carbons (Fsp3) is 0.423. The van der Waals surface area contributed by atoms with Gasteiger partial charge in [-0.2, -0.15) is 0 Å². The van der Waals surface area contributed by atoms with E-state index in [1.54, 1.807) is 11.3 Å². The Labute approximate surface area is 209 Å². The molecule has 1 fully saturated rings. The average Bonchev–Trinajstić information content (AvgIpc) is 3.62. The number of carbonyl (C=O) groups excluding carboxylic acids is 1. The molecule has 2 aliphatic rings. The van der Waals surface area contributed by atoms with Gasteiger partial charge in [-0.1, -0.05) is 49.9 Å². The van der Waals surface area contributed by atoms with Crippen molar-refractivity contribution in [2.75, 3.05) is 18.6 Å². The van der Waals surface area contributed by atoms with Gasteiger partial charge in [-0.15, -0.1) is 21.5 Å². The number of hydrogen-bond donors (Lipinski definition) is 0. The van der Waals surface area contributed by atoms with E-state index in [9.17, 15) is 4.79 Å². The Kier molecular flexibility index (Phi) is 6.39. The monoisotopic (exact) mass is 494 g/mol. The number of likely N-dealkylation sites (N-methyl/N-ethyl adjacent to an activating group) is 1. The smallest absolute Gasteiger partial charge is 0.192 e. The highest BCUT2D eigenvalue weighted by atomic mass is 32.2. The predicted molar refractivity (Wildman–Crippen MR) is 139 cm³/mol. The quantitative estimate of drug-likeness (QED) is 0.317. The molecule has 5 rings (SSSR count). The van der Waals surface area contributed by atoms with Crippen LogP contribution in [-0.2, 0) is 21.5 Å². The van der Waals surface area contributed by atoms with Gasteiger partial charge >= 0.3 is 0 Å². The molecule has 4 heterocycles. The summed E-state index contributed by atoms with van der Waals surface area (Å²) in [6.45, 7) is 7.82. The van der Waals surface area contributed by atoms with E-state index in [2.05, 4.69) is 57.8 Å². The van der Waals surface area contributed by atoms with Crippen molar-refractivity contribution < 1.29 is 9.53 Å². The Morgan fingerprint density at radius 2 is 2.12 bits per heavy atom. The summed E-state index contributed by atoms with van der Waals surface area (Å²) in [6.07, 6.45) is 4.10. The first-order valence-corrected chi connectivity index (χ1v) is 13.5. The normalized spacial score (nSPS) is 21.2. The van der Waals surface area contributed by atoms with Crippen LogP contribution >= 0.6 is 23.1 Å². The number of ketones is 1. The highest BCUT2D eigenvalue weighted by Crippen LogP contribution is 2.46. The number of para-hydroxylation sites is 1. The van der Waals surface area contributed by atoms with Crippen LogP contribution in [0.1, 0.15) is 39.2 Å². The molecular formula is C26H30N4O2S2. The van der Waals surface area contributed by atoms with Crippen molar-refractivity contribution in [1.29, 1.82) is 0 Å². The van der Waals surface area contributed by atoms with E-state index in [-0.39, 0.29) is 22.6 Å². The third kappa shape index (κ3) is 4.23. The molecule has 0 amide bonds. The highest BCUT2D eigenvalue weighted by molar-refractivity contribution is 8.00. The number of rotatable bonds is 7. The van der Waals surface area contributed by atoms with Gasteiger partial charge in [0.15, 0.2) is 16.8 Å². The Morgan fingerprint density at radius 3 is 2.82 bits per heavy atom. The molecule has 34 heavy (non-hydrogen) atoms. The van der Waals surface area contributed by atoms with E-state index < -0.39 is 0 Å². The van der Waals surface area contributed by atoms with Crippen LogP contribution in [0.3, 0.4) is 0 Å². The molecule has 8 heteroatoms. The summed E-state index contributed by atoms with van der Waals surface area (Å²) >= 11 is 3.12. The van der Waals surface area contributed by atoms with Gasteiger partial charge in [-0.25, -0.2) is 0 Å². The molecule has 0 bridgehead atoms. The Morgan fingerprint density at radius 1 is 1.29 bits per heavy atom. The van der Waals surface area contributed by atoms with Gasteiger partial charge in [-0.3, -0.25) is 9.36 Å². The van der Waals surface area contributed by atoms with Crippen molar-refractivity contribution >= 4 is 34.6 Å². The van der Waals surface area contributed by atoms with E-state index in [0.29, 0.717) is 6.54 Å². The minimum atomic E-state index is -0.288. The Bertz CT molecular complexity index is 1210. The van der Waals surface area contributed by atoms with Crippen LogP contribution in [-0.4, -0.2) is 45.6 Å². The molecule has 0 radical (unpaired) electrons. The van der Waals surface area contributed by atoms with E-state index in [1.807, 2.05) is 37.6 Å². The lowest BCUT2D eigenvalue weighted by Crippen LogP contribution is -2.25. The second kappa shape index (κ2) is 9.32. The Hall–Kier alpha value is -2.42. The lowest BCUT2D eigenvalue weighted by molar-refractivity contribution is -0.114. The minimum Gasteiger partial charge on any atom is -0.376 e. The van der Waals surface area contributed by atoms with Crippen molar-refractivity contribution in [2.24, 2.45) is 0 Å². The molecule has 2 unspecified atom stereocenters. The van der Waals surface area contributed by atoms with Crippen molar-refractivity contribution in [1.82, 2.24) is 14.8 Å². The van der Waals surface area contributed by atoms with Crippen molar-refractivity contribution in [2.45, 2.75) is 62.1 Å². The molecule has 2 aromatic heterocycles. The van der Waals surface area contributed by atoms with Crippen LogP contribution in [0.15, 0.2) is 58.7 Å². The molecule has 6 nitrogen and oxygen atoms in total. The maximum atomic E-state index is 13.4. The van der Waals surface area contributed by atoms with E-state index in [1.165, 1.54) is 17.3 Å². The second-order valence-corrected chi connectivity index (χ2v) is 11.7. The van der Waals surface area contributed by atoms with Crippen LogP contribution in [0, 0.1) is 0 Å². The average molecular weight is 495 g/mol. The molecule has 3 aromatic rings. The number of carbonyl (C=O) groups is 1. The summed E-state index contributed by atoms with van der Waals surface area (Å²) in [5, 5.41) is 11.5. The van der Waals surface area contributed by atoms with E-state index in [0.717, 1.165) is 46.7 Å². The number of thiophene rings is 1. The second-order valence-electron chi connectivity index (χ2n) is 9.42. The number of thioether (sulfide) groups is 1. The van der Waals surface area contributed by atoms with E-state index >= 15 is 0 Å². The fourth-order valence-corrected chi connectivity index (χ4v) is 6.44. The molecule has 0 saturated carbocycles. The first-order valence-electron chi connectivity index (χ1n) is 11.7. The number of benzene rings is 1. The number of aromatic nitrogens is 3. The van der Waals surface area contributed by atoms with Crippen molar-refractivity contribution in [3.05, 3.63) is 59.1 Å². The van der Waals surface area contributed by atoms with Crippen molar-refractivity contribution in [3.63, 3.8) is 0 Å².